The second-order valence-electron chi connectivity index (χ2n) is 4.97. The van der Waals surface area contributed by atoms with E-state index in [1.54, 1.807) is 12.1 Å². The minimum Gasteiger partial charge on any atom is -0.484 e. The second kappa shape index (κ2) is 6.25. The molecule has 0 aliphatic carbocycles. The zero-order valence-electron chi connectivity index (χ0n) is 12.4. The van der Waals surface area contributed by atoms with Crippen LogP contribution in [0.3, 0.4) is 0 Å². The molecule has 0 unspecified atom stereocenters. The molecule has 0 fully saturated rings. The first-order chi connectivity index (χ1) is 11.8. The number of anilines is 1. The van der Waals surface area contributed by atoms with E-state index >= 15 is 0 Å². The van der Waals surface area contributed by atoms with E-state index in [1.165, 1.54) is 11.3 Å². The lowest BCUT2D eigenvalue weighted by atomic mass is 10.3. The fourth-order valence-corrected chi connectivity index (χ4v) is 3.03. The zero-order chi connectivity index (χ0) is 16.4. The summed E-state index contributed by atoms with van der Waals surface area (Å²) in [5.74, 6) is 1.73. The molecule has 3 aromatic rings. The van der Waals surface area contributed by atoms with Gasteiger partial charge in [-0.2, -0.15) is 0 Å². The van der Waals surface area contributed by atoms with E-state index in [2.05, 4.69) is 15.8 Å². The first-order valence-corrected chi connectivity index (χ1v) is 8.02. The van der Waals surface area contributed by atoms with Crippen LogP contribution in [0.4, 0.5) is 5.13 Å². The Hall–Kier alpha value is -3.00. The van der Waals surface area contributed by atoms with E-state index < -0.39 is 0 Å². The van der Waals surface area contributed by atoms with Crippen LogP contribution in [0.1, 0.15) is 0 Å². The number of nitrogens with zero attached hydrogens (tertiary/aromatic N) is 1. The number of rotatable bonds is 5. The van der Waals surface area contributed by atoms with Crippen LogP contribution in [-0.4, -0.2) is 24.3 Å². The molecule has 4 rings (SSSR count). The summed E-state index contributed by atoms with van der Waals surface area (Å²) in [4.78, 5) is 16.2. The van der Waals surface area contributed by atoms with E-state index in [0.29, 0.717) is 22.4 Å². The summed E-state index contributed by atoms with van der Waals surface area (Å²) in [5.41, 5.74) is 6.13. The number of nitrogens with one attached hydrogen (secondary N) is 2. The van der Waals surface area contributed by atoms with Crippen LogP contribution in [-0.2, 0) is 4.79 Å². The molecule has 7 nitrogen and oxygen atoms in total. The fraction of sp³-hybridized carbons (Fsp3) is 0.125. The van der Waals surface area contributed by atoms with Crippen LogP contribution in [0.25, 0.3) is 10.2 Å². The first-order valence-electron chi connectivity index (χ1n) is 7.21. The van der Waals surface area contributed by atoms with Crippen molar-refractivity contribution in [2.24, 2.45) is 0 Å². The summed E-state index contributed by atoms with van der Waals surface area (Å²) < 4.78 is 17.0. The predicted molar refractivity (Wildman–Crippen MR) is 89.4 cm³/mol. The summed E-state index contributed by atoms with van der Waals surface area (Å²) in [6.45, 7) is 0.146. The third-order valence-corrected chi connectivity index (χ3v) is 4.24. The van der Waals surface area contributed by atoms with Crippen molar-refractivity contribution in [1.82, 2.24) is 10.4 Å². The van der Waals surface area contributed by atoms with E-state index in [4.69, 9.17) is 14.2 Å². The Morgan fingerprint density at radius 2 is 2.00 bits per heavy atom. The number of benzene rings is 2. The van der Waals surface area contributed by atoms with E-state index in [1.807, 2.05) is 30.3 Å². The monoisotopic (exact) mass is 343 g/mol. The topological polar surface area (TPSA) is 81.7 Å². The molecule has 2 heterocycles. The van der Waals surface area contributed by atoms with Gasteiger partial charge in [-0.1, -0.05) is 29.5 Å². The molecule has 1 aliphatic heterocycles. The van der Waals surface area contributed by atoms with Crippen molar-refractivity contribution in [2.45, 2.75) is 0 Å². The van der Waals surface area contributed by atoms with Crippen LogP contribution in [0.15, 0.2) is 42.5 Å². The predicted octanol–water partition coefficient (Wildman–Crippen LogP) is 2.55. The highest BCUT2D eigenvalue weighted by Crippen LogP contribution is 2.38. The molecule has 0 saturated carbocycles. The maximum absolute atomic E-state index is 11.8. The Balaban J connectivity index is 1.35. The number of hydrogen-bond donors (Lipinski definition) is 2. The standard InChI is InChI=1S/C16H13N3O4S/c20-15(8-21-10-4-2-1-3-5-10)18-19-16-17-11-6-12-13(23-9-22-12)7-14(11)24-16/h1-7H,8-9H2,(H,17,19)(H,18,20). The van der Waals surface area contributed by atoms with Gasteiger partial charge in [0.25, 0.3) is 5.91 Å². The SMILES string of the molecule is O=C(COc1ccccc1)NNc1nc2cc3c(cc2s1)OCO3. The van der Waals surface area contributed by atoms with Crippen molar-refractivity contribution in [3.63, 3.8) is 0 Å². The van der Waals surface area contributed by atoms with Crippen molar-refractivity contribution in [2.75, 3.05) is 18.8 Å². The Labute approximate surface area is 141 Å². The van der Waals surface area contributed by atoms with Gasteiger partial charge in [-0.25, -0.2) is 4.98 Å². The lowest BCUT2D eigenvalue weighted by Gasteiger charge is -2.07. The molecule has 0 radical (unpaired) electrons. The van der Waals surface area contributed by atoms with Gasteiger partial charge in [0.2, 0.25) is 11.9 Å². The summed E-state index contributed by atoms with van der Waals surface area (Å²) in [6.07, 6.45) is 0. The lowest BCUT2D eigenvalue weighted by molar-refractivity contribution is -0.122. The highest BCUT2D eigenvalue weighted by atomic mass is 32.1. The summed E-state index contributed by atoms with van der Waals surface area (Å²) in [7, 11) is 0. The Morgan fingerprint density at radius 1 is 1.21 bits per heavy atom. The van der Waals surface area contributed by atoms with E-state index in [9.17, 15) is 4.79 Å². The quantitative estimate of drug-likeness (QED) is 0.693. The van der Waals surface area contributed by atoms with E-state index in [0.717, 1.165) is 10.2 Å². The molecular formula is C16H13N3O4S. The van der Waals surface area contributed by atoms with Crippen LogP contribution in [0, 0.1) is 0 Å². The van der Waals surface area contributed by atoms with Gasteiger partial charge in [0.15, 0.2) is 18.1 Å². The summed E-state index contributed by atoms with van der Waals surface area (Å²) >= 11 is 1.41. The first kappa shape index (κ1) is 14.6. The highest BCUT2D eigenvalue weighted by molar-refractivity contribution is 7.22. The van der Waals surface area contributed by atoms with E-state index in [-0.39, 0.29) is 19.3 Å². The molecule has 8 heteroatoms. The largest absolute Gasteiger partial charge is 0.484 e. The average Bonchev–Trinajstić information content (AvgIpc) is 3.22. The average molecular weight is 343 g/mol. The van der Waals surface area contributed by atoms with Crippen molar-refractivity contribution in [3.05, 3.63) is 42.5 Å². The van der Waals surface area contributed by atoms with Crippen molar-refractivity contribution in [1.29, 1.82) is 0 Å². The van der Waals surface area contributed by atoms with Gasteiger partial charge in [0, 0.05) is 12.1 Å². The molecule has 24 heavy (non-hydrogen) atoms. The molecule has 2 aromatic carbocycles. The smallest absolute Gasteiger partial charge is 0.276 e. The molecule has 0 saturated heterocycles. The lowest BCUT2D eigenvalue weighted by Crippen LogP contribution is -2.33. The number of aromatic nitrogens is 1. The Kier molecular flexibility index (Phi) is 3.80. The third-order valence-electron chi connectivity index (χ3n) is 3.30. The number of para-hydroxylation sites is 1. The van der Waals surface area contributed by atoms with Crippen molar-refractivity contribution >= 4 is 32.6 Å². The summed E-state index contributed by atoms with van der Waals surface area (Å²) in [6, 6.07) is 12.8. The van der Waals surface area contributed by atoms with Crippen molar-refractivity contribution < 1.29 is 19.0 Å². The number of thiazole rings is 1. The maximum Gasteiger partial charge on any atom is 0.276 e. The number of carbonyl (C=O) groups is 1. The number of hydrazine groups is 1. The van der Waals surface area contributed by atoms with Crippen molar-refractivity contribution in [3.8, 4) is 17.2 Å². The van der Waals surface area contributed by atoms with Gasteiger partial charge in [0.1, 0.15) is 5.75 Å². The van der Waals surface area contributed by atoms with Gasteiger partial charge in [-0.3, -0.25) is 15.6 Å². The number of fused-ring (bicyclic) bond motifs is 2. The van der Waals surface area contributed by atoms with Crippen LogP contribution in [0.5, 0.6) is 17.2 Å². The molecule has 0 atom stereocenters. The normalized spacial score (nSPS) is 12.2. The van der Waals surface area contributed by atoms with Gasteiger partial charge in [0.05, 0.1) is 10.2 Å². The molecule has 0 bridgehead atoms. The molecular weight excluding hydrogens is 330 g/mol. The second-order valence-corrected chi connectivity index (χ2v) is 6.00. The number of hydrogen-bond acceptors (Lipinski definition) is 7. The van der Waals surface area contributed by atoms with Crippen LogP contribution < -0.4 is 25.1 Å². The van der Waals surface area contributed by atoms with Gasteiger partial charge < -0.3 is 14.2 Å². The minimum atomic E-state index is -0.299. The van der Waals surface area contributed by atoms with Gasteiger partial charge in [-0.15, -0.1) is 0 Å². The maximum atomic E-state index is 11.8. The number of ether oxygens (including phenoxy) is 3. The van der Waals surface area contributed by atoms with Crippen LogP contribution in [0.2, 0.25) is 0 Å². The molecule has 1 aliphatic rings. The minimum absolute atomic E-state index is 0.0854. The molecule has 1 aromatic heterocycles. The molecule has 122 valence electrons. The van der Waals surface area contributed by atoms with Crippen LogP contribution >= 0.6 is 11.3 Å². The number of amides is 1. The van der Waals surface area contributed by atoms with Gasteiger partial charge in [-0.05, 0) is 12.1 Å². The number of carbonyl (C=O) groups excluding carboxylic acids is 1. The molecule has 2 N–H and O–H groups in total. The molecule has 1 amide bonds. The zero-order valence-corrected chi connectivity index (χ0v) is 13.3. The van der Waals surface area contributed by atoms with Gasteiger partial charge >= 0.3 is 0 Å². The fourth-order valence-electron chi connectivity index (χ4n) is 2.20. The third kappa shape index (κ3) is 3.04. The Bertz CT molecular complexity index is 841. The molecule has 0 spiro atoms. The highest BCUT2D eigenvalue weighted by Gasteiger charge is 2.16. The summed E-state index contributed by atoms with van der Waals surface area (Å²) in [5, 5.41) is 0.571. The Morgan fingerprint density at radius 3 is 2.83 bits per heavy atom.